The Morgan fingerprint density at radius 2 is 1.87 bits per heavy atom. The quantitative estimate of drug-likeness (QED) is 0.399. The number of hydrogen-bond acceptors (Lipinski definition) is 4. The summed E-state index contributed by atoms with van der Waals surface area (Å²) in [7, 11) is 0. The van der Waals surface area contributed by atoms with Gasteiger partial charge in [0, 0.05) is 34.5 Å². The maximum atomic E-state index is 12.4. The zero-order valence-corrected chi connectivity index (χ0v) is 18.3. The summed E-state index contributed by atoms with van der Waals surface area (Å²) in [5, 5.41) is 10.3. The van der Waals surface area contributed by atoms with E-state index in [1.54, 1.807) is 11.3 Å². The summed E-state index contributed by atoms with van der Waals surface area (Å²) in [6.07, 6.45) is 4.08. The summed E-state index contributed by atoms with van der Waals surface area (Å²) >= 11 is 7.50. The van der Waals surface area contributed by atoms with Crippen molar-refractivity contribution in [3.8, 4) is 11.4 Å². The van der Waals surface area contributed by atoms with Gasteiger partial charge in [-0.05, 0) is 54.8 Å². The molecule has 0 radical (unpaired) electrons. The number of carbonyl (C=O) groups excluding carboxylic acids is 1. The molecule has 0 fully saturated rings. The number of nitrogens with zero attached hydrogens (tertiary/aromatic N) is 3. The van der Waals surface area contributed by atoms with Crippen molar-refractivity contribution in [3.63, 3.8) is 0 Å². The number of thiazole rings is 1. The Morgan fingerprint density at radius 1 is 1.10 bits per heavy atom. The molecule has 0 saturated carbocycles. The first-order valence-electron chi connectivity index (χ1n) is 10.1. The topological polar surface area (TPSA) is 59.3 Å². The lowest BCUT2D eigenvalue weighted by molar-refractivity contribution is 0.0954. The Balaban J connectivity index is 1.36. The van der Waals surface area contributed by atoms with Gasteiger partial charge in [0.25, 0.3) is 5.91 Å². The second-order valence-corrected chi connectivity index (χ2v) is 8.44. The van der Waals surface area contributed by atoms with Crippen LogP contribution in [0.4, 0.5) is 0 Å². The largest absolute Gasteiger partial charge is 0.352 e. The molecule has 1 amide bonds. The Kier molecular flexibility index (Phi) is 6.45. The first kappa shape index (κ1) is 20.6. The average Bonchev–Trinajstić information content (AvgIpc) is 3.35. The molecule has 0 bridgehead atoms. The number of benzene rings is 2. The highest BCUT2D eigenvalue weighted by atomic mass is 35.5. The van der Waals surface area contributed by atoms with Gasteiger partial charge in [-0.15, -0.1) is 16.4 Å². The van der Waals surface area contributed by atoms with Crippen molar-refractivity contribution in [2.24, 2.45) is 0 Å². The van der Waals surface area contributed by atoms with Gasteiger partial charge in [0.1, 0.15) is 0 Å². The van der Waals surface area contributed by atoms with Crippen LogP contribution in [0.15, 0.2) is 53.9 Å². The molecule has 2 aromatic heterocycles. The summed E-state index contributed by atoms with van der Waals surface area (Å²) in [5.41, 5.74) is 3.92. The lowest BCUT2D eigenvalue weighted by atomic mass is 10.1. The molecule has 0 saturated heterocycles. The van der Waals surface area contributed by atoms with E-state index < -0.39 is 0 Å². The molecule has 2 aromatic carbocycles. The number of amides is 1. The second kappa shape index (κ2) is 9.41. The number of unbranched alkanes of at least 4 members (excludes halogenated alkanes) is 1. The number of aryl methyl sites for hydroxylation is 1. The summed E-state index contributed by atoms with van der Waals surface area (Å²) < 4.78 is 1.85. The average molecular weight is 439 g/mol. The van der Waals surface area contributed by atoms with Crippen molar-refractivity contribution < 1.29 is 4.79 Å². The third-order valence-corrected chi connectivity index (χ3v) is 6.07. The van der Waals surface area contributed by atoms with Crippen molar-refractivity contribution in [1.29, 1.82) is 0 Å². The fourth-order valence-corrected chi connectivity index (χ4v) is 4.21. The van der Waals surface area contributed by atoms with E-state index in [-0.39, 0.29) is 5.91 Å². The highest BCUT2D eigenvalue weighted by molar-refractivity contribution is 7.15. The minimum atomic E-state index is -0.0519. The molecule has 7 heteroatoms. The molecule has 154 valence electrons. The number of carbonyl (C=O) groups is 1. The Bertz CT molecular complexity index is 1130. The minimum Gasteiger partial charge on any atom is -0.352 e. The van der Waals surface area contributed by atoms with Crippen LogP contribution in [0.3, 0.4) is 0 Å². The molecule has 0 aliphatic rings. The Morgan fingerprint density at radius 3 is 2.60 bits per heavy atom. The monoisotopic (exact) mass is 438 g/mol. The van der Waals surface area contributed by atoms with E-state index in [1.165, 1.54) is 18.4 Å². The van der Waals surface area contributed by atoms with Gasteiger partial charge in [-0.2, -0.15) is 4.98 Å². The van der Waals surface area contributed by atoms with Crippen LogP contribution < -0.4 is 5.32 Å². The Hall–Kier alpha value is -2.70. The fourth-order valence-electron chi connectivity index (χ4n) is 3.23. The maximum Gasteiger partial charge on any atom is 0.251 e. The number of nitrogens with one attached hydrogen (secondary N) is 1. The fraction of sp³-hybridized carbons (Fsp3) is 0.261. The number of rotatable bonds is 8. The van der Waals surface area contributed by atoms with Gasteiger partial charge in [-0.25, -0.2) is 4.52 Å². The van der Waals surface area contributed by atoms with Gasteiger partial charge in [-0.3, -0.25) is 4.79 Å². The lowest BCUT2D eigenvalue weighted by Gasteiger charge is -2.06. The summed E-state index contributed by atoms with van der Waals surface area (Å²) in [4.78, 5) is 17.9. The highest BCUT2D eigenvalue weighted by Crippen LogP contribution is 2.22. The highest BCUT2D eigenvalue weighted by Gasteiger charge is 2.12. The van der Waals surface area contributed by atoms with Gasteiger partial charge in [0.15, 0.2) is 5.82 Å². The van der Waals surface area contributed by atoms with Crippen molar-refractivity contribution in [2.45, 2.75) is 32.6 Å². The van der Waals surface area contributed by atoms with E-state index in [1.807, 2.05) is 58.4 Å². The van der Waals surface area contributed by atoms with E-state index in [9.17, 15) is 4.79 Å². The number of fused-ring (bicyclic) bond motifs is 1. The third kappa shape index (κ3) is 4.71. The van der Waals surface area contributed by atoms with Gasteiger partial charge < -0.3 is 5.32 Å². The SMILES string of the molecule is CCCCc1ccc(C(=O)NCCc2csc3nc(-c4ccc(Cl)cc4)nn23)cc1. The summed E-state index contributed by atoms with van der Waals surface area (Å²) in [5.74, 6) is 0.621. The molecule has 5 nitrogen and oxygen atoms in total. The van der Waals surface area contributed by atoms with Gasteiger partial charge in [0.2, 0.25) is 4.96 Å². The van der Waals surface area contributed by atoms with E-state index in [2.05, 4.69) is 22.3 Å². The van der Waals surface area contributed by atoms with Crippen LogP contribution in [-0.2, 0) is 12.8 Å². The molecule has 0 aliphatic heterocycles. The normalized spacial score (nSPS) is 11.1. The lowest BCUT2D eigenvalue weighted by Crippen LogP contribution is -2.26. The molecular weight excluding hydrogens is 416 g/mol. The van der Waals surface area contributed by atoms with E-state index in [0.717, 1.165) is 22.6 Å². The second-order valence-electron chi connectivity index (χ2n) is 7.17. The molecule has 0 spiro atoms. The van der Waals surface area contributed by atoms with Crippen LogP contribution in [0.1, 0.15) is 41.4 Å². The first-order valence-corrected chi connectivity index (χ1v) is 11.4. The Labute approximate surface area is 184 Å². The van der Waals surface area contributed by atoms with E-state index in [0.29, 0.717) is 29.4 Å². The van der Waals surface area contributed by atoms with Crippen LogP contribution in [0.2, 0.25) is 5.02 Å². The zero-order valence-electron chi connectivity index (χ0n) is 16.8. The molecule has 4 rings (SSSR count). The van der Waals surface area contributed by atoms with Crippen LogP contribution in [-0.4, -0.2) is 27.0 Å². The van der Waals surface area contributed by atoms with E-state index >= 15 is 0 Å². The van der Waals surface area contributed by atoms with Crippen LogP contribution in [0.5, 0.6) is 0 Å². The van der Waals surface area contributed by atoms with E-state index in [4.69, 9.17) is 11.6 Å². The molecule has 0 atom stereocenters. The van der Waals surface area contributed by atoms with Crippen LogP contribution in [0, 0.1) is 0 Å². The molecule has 1 N–H and O–H groups in total. The molecule has 4 aromatic rings. The maximum absolute atomic E-state index is 12.4. The van der Waals surface area contributed by atoms with Crippen LogP contribution in [0.25, 0.3) is 16.3 Å². The predicted molar refractivity (Wildman–Crippen MR) is 122 cm³/mol. The third-order valence-electron chi connectivity index (χ3n) is 4.95. The summed E-state index contributed by atoms with van der Waals surface area (Å²) in [6, 6.07) is 15.4. The van der Waals surface area contributed by atoms with Crippen LogP contribution >= 0.6 is 22.9 Å². The molecule has 0 unspecified atom stereocenters. The van der Waals surface area contributed by atoms with Crippen molar-refractivity contribution in [2.75, 3.05) is 6.54 Å². The first-order chi connectivity index (χ1) is 14.6. The molecule has 0 aliphatic carbocycles. The predicted octanol–water partition coefficient (Wildman–Crippen LogP) is 5.43. The van der Waals surface area contributed by atoms with Crippen molar-refractivity contribution in [1.82, 2.24) is 19.9 Å². The summed E-state index contributed by atoms with van der Waals surface area (Å²) in [6.45, 7) is 2.72. The smallest absolute Gasteiger partial charge is 0.251 e. The number of halogens is 1. The minimum absolute atomic E-state index is 0.0519. The van der Waals surface area contributed by atoms with Gasteiger partial charge in [0.05, 0.1) is 5.69 Å². The van der Waals surface area contributed by atoms with Gasteiger partial charge in [-0.1, -0.05) is 37.1 Å². The molecule has 30 heavy (non-hydrogen) atoms. The molecule has 2 heterocycles. The van der Waals surface area contributed by atoms with Gasteiger partial charge >= 0.3 is 0 Å². The van der Waals surface area contributed by atoms with Crippen molar-refractivity contribution >= 4 is 33.8 Å². The number of hydrogen-bond donors (Lipinski definition) is 1. The molecular formula is C23H23ClN4OS. The standard InChI is InChI=1S/C23H23ClN4OS/c1-2-3-4-16-5-7-18(8-6-16)22(29)25-14-13-20-15-30-23-26-21(27-28(20)23)17-9-11-19(24)12-10-17/h5-12,15H,2-4,13-14H2,1H3,(H,25,29). The number of aromatic nitrogens is 3. The van der Waals surface area contributed by atoms with Crippen molar-refractivity contribution in [3.05, 3.63) is 75.8 Å². The zero-order chi connectivity index (χ0) is 20.9.